The Morgan fingerprint density at radius 2 is 1.69 bits per heavy atom. The Balaban J connectivity index is 1.84. The fourth-order valence-electron chi connectivity index (χ4n) is 3.69. The van der Waals surface area contributed by atoms with Crippen molar-refractivity contribution in [3.63, 3.8) is 0 Å². The van der Waals surface area contributed by atoms with Gasteiger partial charge in [-0.05, 0) is 13.8 Å². The second-order valence-corrected chi connectivity index (χ2v) is 12.0. The highest BCUT2D eigenvalue weighted by Gasteiger charge is 2.88. The first-order valence-corrected chi connectivity index (χ1v) is 13.0. The maximum absolute atomic E-state index is 12.2. The number of rotatable bonds is 8. The molecule has 2 heterocycles. The van der Waals surface area contributed by atoms with Crippen molar-refractivity contribution in [3.05, 3.63) is 33.1 Å². The predicted octanol–water partition coefficient (Wildman–Crippen LogP) is -1.79. The molecule has 3 rings (SSSR count). The minimum absolute atomic E-state index is 0.379. The summed E-state index contributed by atoms with van der Waals surface area (Å²) >= 11 is 0. The minimum atomic E-state index is -5.77. The second-order valence-electron chi connectivity index (χ2n) is 7.53. The lowest BCUT2D eigenvalue weighted by Gasteiger charge is -2.40. The highest BCUT2D eigenvalue weighted by atomic mass is 31.3. The second kappa shape index (κ2) is 7.23. The number of nitrogens with zero attached hydrogens (tertiary/aromatic N) is 1. The summed E-state index contributed by atoms with van der Waals surface area (Å²) in [7, 11) is -16.9. The maximum atomic E-state index is 12.2. The zero-order chi connectivity index (χ0) is 24.6. The van der Waals surface area contributed by atoms with Gasteiger partial charge in [0.2, 0.25) is 0 Å². The van der Waals surface area contributed by atoms with Crippen molar-refractivity contribution < 1.29 is 61.4 Å². The number of ether oxygens (including phenoxy) is 1. The minimum Gasteiger partial charge on any atom is -0.383 e. The number of H-pyrrole nitrogens is 1. The molecule has 2 aliphatic rings. The van der Waals surface area contributed by atoms with E-state index in [1.54, 1.807) is 0 Å². The molecule has 1 saturated carbocycles. The topological polar surface area (TPSA) is 264 Å². The number of nitrogens with one attached hydrogen (secondary N) is 1. The number of aliphatic hydroxyl groups is 2. The Bertz CT molecular complexity index is 1200. The molecule has 6 atom stereocenters. The van der Waals surface area contributed by atoms with Gasteiger partial charge in [-0.25, -0.2) is 18.5 Å². The van der Waals surface area contributed by atoms with Gasteiger partial charge in [-0.1, -0.05) is 0 Å². The molecule has 7 N–H and O–H groups in total. The van der Waals surface area contributed by atoms with E-state index in [9.17, 15) is 43.3 Å². The summed E-state index contributed by atoms with van der Waals surface area (Å²) in [5.41, 5.74) is -10.1. The monoisotopic (exact) mass is 524 g/mol. The van der Waals surface area contributed by atoms with Crippen molar-refractivity contribution in [2.75, 3.05) is 6.61 Å². The Hall–Kier alpha value is -1.03. The molecule has 20 heteroatoms. The van der Waals surface area contributed by atoms with Crippen LogP contribution in [0.5, 0.6) is 0 Å². The van der Waals surface area contributed by atoms with Crippen molar-refractivity contribution in [1.82, 2.24) is 9.55 Å². The third kappa shape index (κ3) is 4.14. The van der Waals surface area contributed by atoms with Crippen LogP contribution < -0.4 is 11.2 Å². The molecule has 0 radical (unpaired) electrons. The molecule has 1 aromatic rings. The third-order valence-corrected chi connectivity index (χ3v) is 9.22. The highest BCUT2D eigenvalue weighted by molar-refractivity contribution is 7.66. The van der Waals surface area contributed by atoms with Crippen LogP contribution in [0.4, 0.5) is 0 Å². The number of phosphoric ester groups is 1. The Labute approximate surface area is 177 Å². The van der Waals surface area contributed by atoms with E-state index in [1.807, 2.05) is 4.98 Å². The van der Waals surface area contributed by atoms with E-state index in [1.165, 1.54) is 6.92 Å². The first kappa shape index (κ1) is 25.6. The average molecular weight is 524 g/mol. The van der Waals surface area contributed by atoms with E-state index in [2.05, 4.69) is 13.1 Å². The zero-order valence-corrected chi connectivity index (χ0v) is 18.9. The maximum Gasteiger partial charge on any atom is 0.490 e. The van der Waals surface area contributed by atoms with Gasteiger partial charge in [0.25, 0.3) is 5.56 Å². The van der Waals surface area contributed by atoms with Gasteiger partial charge < -0.3 is 34.5 Å². The van der Waals surface area contributed by atoms with Crippen molar-refractivity contribution in [2.24, 2.45) is 0 Å². The smallest absolute Gasteiger partial charge is 0.383 e. The first-order valence-electron chi connectivity index (χ1n) is 8.45. The molecule has 1 aromatic heterocycles. The molecule has 182 valence electrons. The fourth-order valence-corrected chi connectivity index (χ4v) is 6.76. The van der Waals surface area contributed by atoms with Crippen LogP contribution in [0, 0.1) is 0 Å². The summed E-state index contributed by atoms with van der Waals surface area (Å²) in [6.07, 6.45) is 0.607. The van der Waals surface area contributed by atoms with E-state index in [0.717, 1.165) is 23.8 Å². The molecule has 0 bridgehead atoms. The van der Waals surface area contributed by atoms with Crippen molar-refractivity contribution in [1.29, 1.82) is 0 Å². The van der Waals surface area contributed by atoms with Crippen LogP contribution in [0.25, 0.3) is 0 Å². The van der Waals surface area contributed by atoms with Gasteiger partial charge in [0.05, 0.1) is 6.61 Å². The van der Waals surface area contributed by atoms with Gasteiger partial charge in [-0.2, -0.15) is 8.62 Å². The van der Waals surface area contributed by atoms with Gasteiger partial charge in [0, 0.05) is 18.7 Å². The van der Waals surface area contributed by atoms with Gasteiger partial charge in [-0.3, -0.25) is 18.9 Å². The summed E-state index contributed by atoms with van der Waals surface area (Å²) in [5.74, 6) is 0. The predicted molar refractivity (Wildman–Crippen MR) is 98.8 cm³/mol. The van der Waals surface area contributed by atoms with Crippen LogP contribution in [-0.4, -0.2) is 62.7 Å². The molecule has 6 unspecified atom stereocenters. The van der Waals surface area contributed by atoms with Crippen LogP contribution in [-0.2, 0) is 37.3 Å². The lowest BCUT2D eigenvalue weighted by molar-refractivity contribution is -0.215. The molecule has 1 aliphatic carbocycles. The third-order valence-electron chi connectivity index (χ3n) is 5.43. The summed E-state index contributed by atoms with van der Waals surface area (Å²) in [5, 5.41) is 21.9. The highest BCUT2D eigenvalue weighted by Crippen LogP contribution is 2.71. The van der Waals surface area contributed by atoms with Crippen molar-refractivity contribution in [3.8, 4) is 0 Å². The quantitative estimate of drug-likeness (QED) is 0.185. The largest absolute Gasteiger partial charge is 0.490 e. The van der Waals surface area contributed by atoms with E-state index in [0.29, 0.717) is 0 Å². The zero-order valence-electron chi connectivity index (χ0n) is 16.2. The van der Waals surface area contributed by atoms with Gasteiger partial charge in [-0.15, -0.1) is 0 Å². The van der Waals surface area contributed by atoms with Crippen LogP contribution in [0.3, 0.4) is 0 Å². The summed E-state index contributed by atoms with van der Waals surface area (Å²) in [6.45, 7) is 1.24. The molecule has 17 nitrogen and oxygen atoms in total. The summed E-state index contributed by atoms with van der Waals surface area (Å²) in [6, 6.07) is 0.943. The molecule has 0 amide bonds. The molecule has 0 aromatic carbocycles. The Morgan fingerprint density at radius 3 is 2.22 bits per heavy atom. The number of aromatic nitrogens is 2. The van der Waals surface area contributed by atoms with Crippen LogP contribution in [0.15, 0.2) is 21.9 Å². The average Bonchev–Trinajstić information content (AvgIpc) is 3.11. The number of hydrogen-bond donors (Lipinski definition) is 7. The molecular weight excluding hydrogens is 505 g/mol. The van der Waals surface area contributed by atoms with E-state index in [-0.39, 0.29) is 6.42 Å². The molecule has 0 spiro atoms. The Kier molecular flexibility index (Phi) is 5.78. The van der Waals surface area contributed by atoms with E-state index in [4.69, 9.17) is 14.5 Å². The number of aromatic amines is 1. The van der Waals surface area contributed by atoms with Crippen LogP contribution in [0.1, 0.15) is 20.3 Å². The summed E-state index contributed by atoms with van der Waals surface area (Å²) in [4.78, 5) is 61.3. The van der Waals surface area contributed by atoms with Gasteiger partial charge in [0.1, 0.15) is 16.8 Å². The number of fused-ring (bicyclic) bond motifs is 1. The summed E-state index contributed by atoms with van der Waals surface area (Å²) < 4.78 is 52.2. The number of phosphoric acid groups is 3. The number of hydrogen-bond acceptors (Lipinski definition) is 11. The first-order chi connectivity index (χ1) is 14.2. The molecule has 1 aliphatic heterocycles. The molecule has 2 fully saturated rings. The fraction of sp³-hybridized carbons (Fsp3) is 0.667. The molecule has 1 saturated heterocycles. The van der Waals surface area contributed by atoms with Crippen LogP contribution >= 0.6 is 23.5 Å². The van der Waals surface area contributed by atoms with Gasteiger partial charge >= 0.3 is 29.2 Å². The van der Waals surface area contributed by atoms with E-state index < -0.39 is 63.9 Å². The lowest BCUT2D eigenvalue weighted by Crippen LogP contribution is -2.59. The molecule has 32 heavy (non-hydrogen) atoms. The molecular formula is C12H19N2O15P3. The van der Waals surface area contributed by atoms with Crippen molar-refractivity contribution >= 4 is 23.5 Å². The van der Waals surface area contributed by atoms with E-state index >= 15 is 0 Å². The van der Waals surface area contributed by atoms with Gasteiger partial charge in [0.15, 0.2) is 5.72 Å². The lowest BCUT2D eigenvalue weighted by atomic mass is 9.86. The standard InChI is InChI=1S/C12H19N2O15P3/c1-9(17)10(2,14-4-3-7(15)13-8(14)16)27-11(5-12(9,11)18)6-26-31(22,23)29-32(24,25)28-30(19,20)21/h3-4,17-18H,5-6H2,1-2H3,(H,22,23)(H,24,25)(H,13,15,16)(H2,19,20,21). The SMILES string of the molecule is CC1(n2ccc(=O)[nH]c2=O)OC2(COP(=O)(O)OP(=O)(O)OP(=O)(O)O)CC2(O)C1(C)O. The normalized spacial score (nSPS) is 38.0. The van der Waals surface area contributed by atoms with Crippen molar-refractivity contribution in [2.45, 2.75) is 42.8 Å². The van der Waals surface area contributed by atoms with Crippen LogP contribution in [0.2, 0.25) is 0 Å². The Morgan fingerprint density at radius 1 is 1.09 bits per heavy atom.